The van der Waals surface area contributed by atoms with Crippen LogP contribution in [-0.2, 0) is 14.3 Å². The largest absolute Gasteiger partial charge is 0.347 e. The fourth-order valence-corrected chi connectivity index (χ4v) is 3.85. The van der Waals surface area contributed by atoms with Crippen LogP contribution in [0.25, 0.3) is 0 Å². The molecule has 2 heterocycles. The molecule has 5 nitrogen and oxygen atoms in total. The lowest BCUT2D eigenvalue weighted by atomic mass is 9.94. The molecular formula is C16H28N2O3. The quantitative estimate of drug-likeness (QED) is 0.793. The maximum absolute atomic E-state index is 12.5. The highest BCUT2D eigenvalue weighted by atomic mass is 16.7. The minimum atomic E-state index is -0.383. The van der Waals surface area contributed by atoms with Crippen molar-refractivity contribution in [3.63, 3.8) is 0 Å². The van der Waals surface area contributed by atoms with Crippen LogP contribution in [0.5, 0.6) is 0 Å². The molecule has 1 aliphatic carbocycles. The number of ether oxygens (including phenoxy) is 2. The lowest BCUT2D eigenvalue weighted by Gasteiger charge is -2.39. The minimum absolute atomic E-state index is 0.260. The number of rotatable bonds is 3. The van der Waals surface area contributed by atoms with Gasteiger partial charge in [0.2, 0.25) is 5.91 Å². The van der Waals surface area contributed by atoms with Gasteiger partial charge in [-0.2, -0.15) is 0 Å². The number of likely N-dealkylation sites (tertiary alicyclic amines) is 1. The summed E-state index contributed by atoms with van der Waals surface area (Å²) >= 11 is 0. The van der Waals surface area contributed by atoms with E-state index in [0.717, 1.165) is 25.9 Å². The molecule has 2 aliphatic heterocycles. The van der Waals surface area contributed by atoms with Crippen LogP contribution in [0.3, 0.4) is 0 Å². The molecule has 3 rings (SSSR count). The fraction of sp³-hybridized carbons (Fsp3) is 0.938. The van der Waals surface area contributed by atoms with E-state index in [0.29, 0.717) is 25.8 Å². The zero-order valence-corrected chi connectivity index (χ0v) is 13.2. The Morgan fingerprint density at radius 1 is 1.14 bits per heavy atom. The number of carbonyl (C=O) groups excluding carboxylic acids is 1. The molecule has 2 saturated heterocycles. The molecule has 3 fully saturated rings. The van der Waals surface area contributed by atoms with Crippen molar-refractivity contribution in [2.75, 3.05) is 39.9 Å². The third-order valence-electron chi connectivity index (χ3n) is 5.27. The van der Waals surface area contributed by atoms with Crippen LogP contribution in [-0.4, -0.2) is 67.4 Å². The number of likely N-dealkylation sites (N-methyl/N-ethyl adjacent to an activating group) is 1. The van der Waals surface area contributed by atoms with Gasteiger partial charge in [-0.05, 0) is 19.9 Å². The first-order valence-corrected chi connectivity index (χ1v) is 8.44. The van der Waals surface area contributed by atoms with E-state index in [9.17, 15) is 4.79 Å². The minimum Gasteiger partial charge on any atom is -0.347 e. The van der Waals surface area contributed by atoms with Gasteiger partial charge in [0, 0.05) is 32.0 Å². The topological polar surface area (TPSA) is 42.0 Å². The number of amides is 1. The summed E-state index contributed by atoms with van der Waals surface area (Å²) in [7, 11) is 2.10. The third kappa shape index (κ3) is 3.58. The van der Waals surface area contributed by atoms with Crippen LogP contribution in [0.15, 0.2) is 0 Å². The van der Waals surface area contributed by atoms with E-state index in [1.54, 1.807) is 0 Å². The summed E-state index contributed by atoms with van der Waals surface area (Å²) in [5, 5.41) is 0. The molecule has 0 aromatic carbocycles. The van der Waals surface area contributed by atoms with Gasteiger partial charge in [0.1, 0.15) is 0 Å². The first-order chi connectivity index (χ1) is 10.2. The predicted molar refractivity (Wildman–Crippen MR) is 80.0 cm³/mol. The van der Waals surface area contributed by atoms with E-state index < -0.39 is 0 Å². The Morgan fingerprint density at radius 2 is 1.76 bits per heavy atom. The number of hydrogen-bond donors (Lipinski definition) is 0. The summed E-state index contributed by atoms with van der Waals surface area (Å²) in [6.45, 7) is 3.46. The maximum atomic E-state index is 12.5. The van der Waals surface area contributed by atoms with Crippen molar-refractivity contribution in [3.05, 3.63) is 0 Å². The van der Waals surface area contributed by atoms with Gasteiger partial charge in [0.05, 0.1) is 19.8 Å². The first-order valence-electron chi connectivity index (χ1n) is 8.44. The SMILES string of the molecule is CN(CC(=O)N1CCC2(CC1)OCCO2)C1CCCCC1. The highest BCUT2D eigenvalue weighted by Gasteiger charge is 2.40. The standard InChI is InChI=1S/C16H28N2O3/c1-17(14-5-3-2-4-6-14)13-15(19)18-9-7-16(8-10-18)20-11-12-21-16/h14H,2-13H2,1H3. The van der Waals surface area contributed by atoms with Crippen LogP contribution >= 0.6 is 0 Å². The summed E-state index contributed by atoms with van der Waals surface area (Å²) < 4.78 is 11.4. The maximum Gasteiger partial charge on any atom is 0.236 e. The molecule has 0 aromatic rings. The molecule has 0 unspecified atom stereocenters. The van der Waals surface area contributed by atoms with E-state index in [-0.39, 0.29) is 11.7 Å². The Kier molecular flexibility index (Phi) is 4.82. The molecule has 0 N–H and O–H groups in total. The summed E-state index contributed by atoms with van der Waals surface area (Å²) in [5.41, 5.74) is 0. The predicted octanol–water partition coefficient (Wildman–Crippen LogP) is 1.62. The highest BCUT2D eigenvalue weighted by Crippen LogP contribution is 2.31. The highest BCUT2D eigenvalue weighted by molar-refractivity contribution is 5.78. The molecule has 0 bridgehead atoms. The van der Waals surface area contributed by atoms with Gasteiger partial charge < -0.3 is 14.4 Å². The van der Waals surface area contributed by atoms with Crippen LogP contribution in [0.2, 0.25) is 0 Å². The lowest BCUT2D eigenvalue weighted by Crippen LogP contribution is -2.50. The molecule has 0 radical (unpaired) electrons. The molecule has 120 valence electrons. The van der Waals surface area contributed by atoms with Gasteiger partial charge in [-0.25, -0.2) is 0 Å². The fourth-order valence-electron chi connectivity index (χ4n) is 3.85. The van der Waals surface area contributed by atoms with E-state index >= 15 is 0 Å². The molecule has 1 spiro atoms. The Labute approximate surface area is 127 Å². The zero-order chi connectivity index (χ0) is 14.7. The molecular weight excluding hydrogens is 268 g/mol. The second-order valence-corrected chi connectivity index (χ2v) is 6.70. The summed E-state index contributed by atoms with van der Waals surface area (Å²) in [6.07, 6.45) is 8.08. The summed E-state index contributed by atoms with van der Waals surface area (Å²) in [4.78, 5) is 16.7. The molecule has 1 amide bonds. The molecule has 5 heteroatoms. The van der Waals surface area contributed by atoms with Gasteiger partial charge in [-0.1, -0.05) is 19.3 Å². The molecule has 1 saturated carbocycles. The summed E-state index contributed by atoms with van der Waals surface area (Å²) in [6, 6.07) is 0.598. The van der Waals surface area contributed by atoms with Crippen molar-refractivity contribution in [1.29, 1.82) is 0 Å². The number of nitrogens with zero attached hydrogens (tertiary/aromatic N) is 2. The van der Waals surface area contributed by atoms with Crippen molar-refractivity contribution in [1.82, 2.24) is 9.80 Å². The lowest BCUT2D eigenvalue weighted by molar-refractivity contribution is -0.187. The number of piperidine rings is 1. The van der Waals surface area contributed by atoms with E-state index in [1.807, 2.05) is 4.90 Å². The van der Waals surface area contributed by atoms with Crippen molar-refractivity contribution >= 4 is 5.91 Å². The molecule has 0 atom stereocenters. The van der Waals surface area contributed by atoms with Crippen molar-refractivity contribution in [2.45, 2.75) is 56.8 Å². The van der Waals surface area contributed by atoms with Crippen LogP contribution in [0, 0.1) is 0 Å². The van der Waals surface area contributed by atoms with Gasteiger partial charge >= 0.3 is 0 Å². The van der Waals surface area contributed by atoms with Crippen molar-refractivity contribution < 1.29 is 14.3 Å². The van der Waals surface area contributed by atoms with Gasteiger partial charge in [-0.3, -0.25) is 9.69 Å². The molecule has 3 aliphatic rings. The average Bonchev–Trinajstić information content (AvgIpc) is 2.97. The smallest absolute Gasteiger partial charge is 0.236 e. The Hall–Kier alpha value is -0.650. The molecule has 0 aromatic heterocycles. The monoisotopic (exact) mass is 296 g/mol. The van der Waals surface area contributed by atoms with E-state index in [2.05, 4.69) is 11.9 Å². The average molecular weight is 296 g/mol. The first kappa shape index (κ1) is 15.3. The van der Waals surface area contributed by atoms with Crippen molar-refractivity contribution in [3.8, 4) is 0 Å². The van der Waals surface area contributed by atoms with Gasteiger partial charge in [0.25, 0.3) is 0 Å². The zero-order valence-electron chi connectivity index (χ0n) is 13.2. The van der Waals surface area contributed by atoms with Crippen LogP contribution in [0.1, 0.15) is 44.9 Å². The summed E-state index contributed by atoms with van der Waals surface area (Å²) in [5.74, 6) is -0.123. The van der Waals surface area contributed by atoms with Gasteiger partial charge in [0.15, 0.2) is 5.79 Å². The van der Waals surface area contributed by atoms with Crippen molar-refractivity contribution in [2.24, 2.45) is 0 Å². The number of carbonyl (C=O) groups is 1. The molecule has 21 heavy (non-hydrogen) atoms. The normalized spacial score (nSPS) is 26.7. The van der Waals surface area contributed by atoms with Crippen LogP contribution < -0.4 is 0 Å². The third-order valence-corrected chi connectivity index (χ3v) is 5.27. The van der Waals surface area contributed by atoms with Gasteiger partial charge in [-0.15, -0.1) is 0 Å². The second kappa shape index (κ2) is 6.63. The number of hydrogen-bond acceptors (Lipinski definition) is 4. The Morgan fingerprint density at radius 3 is 2.38 bits per heavy atom. The Balaban J connectivity index is 1.45. The van der Waals surface area contributed by atoms with Crippen LogP contribution in [0.4, 0.5) is 0 Å². The van der Waals surface area contributed by atoms with E-state index in [1.165, 1.54) is 32.1 Å². The second-order valence-electron chi connectivity index (χ2n) is 6.70. The van der Waals surface area contributed by atoms with E-state index in [4.69, 9.17) is 9.47 Å². The Bertz CT molecular complexity index is 353.